The Morgan fingerprint density at radius 2 is 2.15 bits per heavy atom. The van der Waals surface area contributed by atoms with Crippen molar-refractivity contribution < 1.29 is 4.79 Å². The predicted octanol–water partition coefficient (Wildman–Crippen LogP) is 2.21. The van der Waals surface area contributed by atoms with E-state index in [1.54, 1.807) is 12.1 Å². The second-order valence-electron chi connectivity index (χ2n) is 2.62. The number of benzene rings is 1. The molecule has 0 spiro atoms. The molecule has 0 bridgehead atoms. The zero-order valence-corrected chi connectivity index (χ0v) is 7.92. The van der Waals surface area contributed by atoms with Gasteiger partial charge >= 0.3 is 0 Å². The van der Waals surface area contributed by atoms with Gasteiger partial charge in [0.1, 0.15) is 0 Å². The average molecular weight is 191 g/mol. The molecule has 1 rings (SSSR count). The van der Waals surface area contributed by atoms with Crippen LogP contribution in [0.3, 0.4) is 0 Å². The summed E-state index contributed by atoms with van der Waals surface area (Å²) in [6, 6.07) is 9.26. The molecule has 0 aliphatic heterocycles. The highest BCUT2D eigenvalue weighted by Gasteiger charge is 2.05. The van der Waals surface area contributed by atoms with E-state index >= 15 is 0 Å². The van der Waals surface area contributed by atoms with E-state index in [-0.39, 0.29) is 5.12 Å². The van der Waals surface area contributed by atoms with E-state index in [2.05, 4.69) is 12.6 Å². The first kappa shape index (κ1) is 9.82. The smallest absolute Gasteiger partial charge is 0.216 e. The van der Waals surface area contributed by atoms with E-state index in [0.717, 1.165) is 5.56 Å². The minimum absolute atomic E-state index is 0.242. The molecule has 1 aromatic rings. The zero-order valence-electron chi connectivity index (χ0n) is 7.03. The Kier molecular flexibility index (Phi) is 3.53. The molecule has 0 saturated carbocycles. The predicted molar refractivity (Wildman–Crippen MR) is 53.7 cm³/mol. The van der Waals surface area contributed by atoms with Crippen LogP contribution in [0.4, 0.5) is 0 Å². The maximum Gasteiger partial charge on any atom is 0.216 e. The van der Waals surface area contributed by atoms with Gasteiger partial charge in [0.2, 0.25) is 5.12 Å². The maximum absolute atomic E-state index is 11.0. The first-order chi connectivity index (χ1) is 6.25. The number of carbonyl (C=O) groups is 1. The molecule has 0 aromatic heterocycles. The van der Waals surface area contributed by atoms with E-state index < -0.39 is 0 Å². The van der Waals surface area contributed by atoms with E-state index in [0.29, 0.717) is 18.4 Å². The van der Waals surface area contributed by atoms with Crippen molar-refractivity contribution in [3.05, 3.63) is 35.4 Å². The normalized spacial score (nSPS) is 9.23. The van der Waals surface area contributed by atoms with Crippen molar-refractivity contribution in [2.45, 2.75) is 12.8 Å². The van der Waals surface area contributed by atoms with Crippen LogP contribution in [0.1, 0.15) is 22.3 Å². The van der Waals surface area contributed by atoms with Crippen LogP contribution >= 0.6 is 12.6 Å². The molecule has 0 radical (unpaired) electrons. The molecule has 0 amide bonds. The van der Waals surface area contributed by atoms with Crippen LogP contribution in [-0.2, 0) is 6.42 Å². The minimum Gasteiger partial charge on any atom is -0.282 e. The molecule has 0 aliphatic carbocycles. The number of nitrogens with zero attached hydrogens (tertiary/aromatic N) is 1. The van der Waals surface area contributed by atoms with Crippen LogP contribution in [0.25, 0.3) is 0 Å². The SMILES string of the molecule is N#CCCc1ccccc1C(=O)S. The van der Waals surface area contributed by atoms with Crippen molar-refractivity contribution in [1.82, 2.24) is 0 Å². The molecule has 0 heterocycles. The second-order valence-corrected chi connectivity index (χ2v) is 3.03. The number of aryl methyl sites for hydroxylation is 1. The van der Waals surface area contributed by atoms with E-state index in [1.165, 1.54) is 0 Å². The summed E-state index contributed by atoms with van der Waals surface area (Å²) in [4.78, 5) is 11.0. The quantitative estimate of drug-likeness (QED) is 0.744. The van der Waals surface area contributed by atoms with Gasteiger partial charge in [-0.15, -0.1) is 12.6 Å². The lowest BCUT2D eigenvalue weighted by atomic mass is 10.0. The van der Waals surface area contributed by atoms with Gasteiger partial charge in [-0.05, 0) is 12.0 Å². The zero-order chi connectivity index (χ0) is 9.68. The van der Waals surface area contributed by atoms with Crippen molar-refractivity contribution in [2.75, 3.05) is 0 Å². The lowest BCUT2D eigenvalue weighted by molar-refractivity contribution is 0.109. The molecular weight excluding hydrogens is 182 g/mol. The lowest BCUT2D eigenvalue weighted by Gasteiger charge is -2.02. The summed E-state index contributed by atoms with van der Waals surface area (Å²) >= 11 is 3.76. The van der Waals surface area contributed by atoms with Crippen molar-refractivity contribution in [1.29, 1.82) is 5.26 Å². The molecule has 3 heteroatoms. The Labute approximate surface area is 82.6 Å². The molecule has 13 heavy (non-hydrogen) atoms. The number of hydrogen-bond donors (Lipinski definition) is 1. The number of rotatable bonds is 3. The fourth-order valence-corrected chi connectivity index (χ4v) is 1.36. The summed E-state index contributed by atoms with van der Waals surface area (Å²) in [5.41, 5.74) is 1.49. The van der Waals surface area contributed by atoms with Crippen molar-refractivity contribution >= 4 is 17.7 Å². The Morgan fingerprint density at radius 3 is 2.77 bits per heavy atom. The summed E-state index contributed by atoms with van der Waals surface area (Å²) in [5.74, 6) is 0. The molecule has 2 nitrogen and oxygen atoms in total. The van der Waals surface area contributed by atoms with Crippen molar-refractivity contribution in [3.8, 4) is 6.07 Å². The minimum atomic E-state index is -0.242. The summed E-state index contributed by atoms with van der Waals surface area (Å²) in [6.45, 7) is 0. The van der Waals surface area contributed by atoms with Crippen LogP contribution in [0, 0.1) is 11.3 Å². The Bertz CT molecular complexity index is 354. The highest BCUT2D eigenvalue weighted by molar-refractivity contribution is 7.97. The van der Waals surface area contributed by atoms with Crippen LogP contribution in [-0.4, -0.2) is 5.12 Å². The standard InChI is InChI=1S/C10H9NOS/c11-7-3-5-8-4-1-2-6-9(8)10(12)13/h1-2,4,6H,3,5H2,(H,12,13). The molecule has 66 valence electrons. The first-order valence-electron chi connectivity index (χ1n) is 3.94. The van der Waals surface area contributed by atoms with Crippen LogP contribution in [0.2, 0.25) is 0 Å². The van der Waals surface area contributed by atoms with E-state index in [1.807, 2.05) is 18.2 Å². The maximum atomic E-state index is 11.0. The monoisotopic (exact) mass is 191 g/mol. The Balaban J connectivity index is 2.92. The largest absolute Gasteiger partial charge is 0.282 e. The molecule has 0 atom stereocenters. The first-order valence-corrected chi connectivity index (χ1v) is 4.38. The van der Waals surface area contributed by atoms with Crippen LogP contribution in [0.5, 0.6) is 0 Å². The molecule has 1 aromatic carbocycles. The summed E-state index contributed by atoms with van der Waals surface area (Å²) < 4.78 is 0. The van der Waals surface area contributed by atoms with Gasteiger partial charge in [-0.2, -0.15) is 5.26 Å². The average Bonchev–Trinajstić information content (AvgIpc) is 2.15. The molecule has 0 fully saturated rings. The van der Waals surface area contributed by atoms with Crippen LogP contribution in [0.15, 0.2) is 24.3 Å². The Morgan fingerprint density at radius 1 is 1.46 bits per heavy atom. The fourth-order valence-electron chi connectivity index (χ4n) is 1.14. The highest BCUT2D eigenvalue weighted by Crippen LogP contribution is 2.12. The second kappa shape index (κ2) is 4.68. The van der Waals surface area contributed by atoms with Gasteiger partial charge in [-0.25, -0.2) is 0 Å². The highest BCUT2D eigenvalue weighted by atomic mass is 32.1. The van der Waals surface area contributed by atoms with Gasteiger partial charge < -0.3 is 0 Å². The van der Waals surface area contributed by atoms with Crippen molar-refractivity contribution in [2.24, 2.45) is 0 Å². The number of thiol groups is 1. The van der Waals surface area contributed by atoms with Gasteiger partial charge in [0.25, 0.3) is 0 Å². The third-order valence-electron chi connectivity index (χ3n) is 1.75. The number of carbonyl (C=O) groups excluding carboxylic acids is 1. The number of nitriles is 1. The van der Waals surface area contributed by atoms with E-state index in [9.17, 15) is 4.79 Å². The van der Waals surface area contributed by atoms with Gasteiger partial charge in [0.05, 0.1) is 6.07 Å². The summed E-state index contributed by atoms with van der Waals surface area (Å²) in [6.07, 6.45) is 1.04. The van der Waals surface area contributed by atoms with Gasteiger partial charge in [0.15, 0.2) is 0 Å². The van der Waals surface area contributed by atoms with Gasteiger partial charge in [-0.3, -0.25) is 4.79 Å². The van der Waals surface area contributed by atoms with E-state index in [4.69, 9.17) is 5.26 Å². The molecule has 0 unspecified atom stereocenters. The van der Waals surface area contributed by atoms with Crippen molar-refractivity contribution in [3.63, 3.8) is 0 Å². The Hall–Kier alpha value is -1.27. The van der Waals surface area contributed by atoms with Gasteiger partial charge in [0, 0.05) is 12.0 Å². The summed E-state index contributed by atoms with van der Waals surface area (Å²) in [5, 5.41) is 8.16. The molecule has 0 N–H and O–H groups in total. The third-order valence-corrected chi connectivity index (χ3v) is 1.99. The topological polar surface area (TPSA) is 40.9 Å². The molecular formula is C10H9NOS. The fraction of sp³-hybridized carbons (Fsp3) is 0.200. The van der Waals surface area contributed by atoms with Crippen LogP contribution < -0.4 is 0 Å². The molecule has 0 saturated heterocycles. The third kappa shape index (κ3) is 2.60. The number of hydrogen-bond acceptors (Lipinski definition) is 2. The molecule has 0 aliphatic rings. The lowest BCUT2D eigenvalue weighted by Crippen LogP contribution is -1.96. The summed E-state index contributed by atoms with van der Waals surface area (Å²) in [7, 11) is 0. The van der Waals surface area contributed by atoms with Gasteiger partial charge in [-0.1, -0.05) is 24.3 Å².